The van der Waals surface area contributed by atoms with Crippen LogP contribution in [0.1, 0.15) is 6.92 Å². The van der Waals surface area contributed by atoms with Gasteiger partial charge in [0.2, 0.25) is 0 Å². The molecular formula is C6H13NO4. The van der Waals surface area contributed by atoms with Gasteiger partial charge in [0.05, 0.1) is 0 Å². The lowest BCUT2D eigenvalue weighted by Gasteiger charge is -2.19. The van der Waals surface area contributed by atoms with Crippen molar-refractivity contribution < 1.29 is 20.1 Å². The fraction of sp³-hybridized carbons (Fsp3) is 1.00. The van der Waals surface area contributed by atoms with Crippen molar-refractivity contribution in [1.29, 1.82) is 0 Å². The van der Waals surface area contributed by atoms with Gasteiger partial charge in [-0.25, -0.2) is 0 Å². The number of nitrogens with two attached hydrogens (primary N) is 1. The van der Waals surface area contributed by atoms with Crippen LogP contribution in [0.25, 0.3) is 0 Å². The maximum absolute atomic E-state index is 9.25. The fourth-order valence-corrected chi connectivity index (χ4v) is 1.15. The molecule has 1 unspecified atom stereocenters. The van der Waals surface area contributed by atoms with Crippen LogP contribution in [0, 0.1) is 0 Å². The van der Waals surface area contributed by atoms with Gasteiger partial charge in [0.1, 0.15) is 18.3 Å². The minimum atomic E-state index is -1.68. The Hall–Kier alpha value is -0.200. The molecule has 0 saturated carbocycles. The quantitative estimate of drug-likeness (QED) is 0.351. The molecule has 0 aliphatic carbocycles. The zero-order valence-electron chi connectivity index (χ0n) is 6.27. The topological polar surface area (TPSA) is 95.9 Å². The molecule has 1 saturated heterocycles. The van der Waals surface area contributed by atoms with Gasteiger partial charge in [0.15, 0.2) is 5.79 Å². The molecule has 66 valence electrons. The normalized spacial score (nSPS) is 51.5. The van der Waals surface area contributed by atoms with Gasteiger partial charge < -0.3 is 25.8 Å². The van der Waals surface area contributed by atoms with Gasteiger partial charge >= 0.3 is 0 Å². The van der Waals surface area contributed by atoms with Crippen molar-refractivity contribution in [2.24, 2.45) is 5.73 Å². The smallest absolute Gasteiger partial charge is 0.192 e. The van der Waals surface area contributed by atoms with E-state index in [2.05, 4.69) is 0 Å². The number of aliphatic hydroxyl groups is 3. The molecule has 5 heteroatoms. The Morgan fingerprint density at radius 1 is 1.55 bits per heavy atom. The second-order valence-electron chi connectivity index (χ2n) is 2.88. The van der Waals surface area contributed by atoms with Crippen LogP contribution in [0.15, 0.2) is 0 Å². The number of rotatable bonds is 1. The van der Waals surface area contributed by atoms with E-state index in [4.69, 9.17) is 15.6 Å². The highest BCUT2D eigenvalue weighted by Gasteiger charge is 2.49. The SMILES string of the molecule is CC1(O)O[C@H](CN)[C@@H](O)[C@H]1O. The van der Waals surface area contributed by atoms with E-state index in [-0.39, 0.29) is 6.54 Å². The van der Waals surface area contributed by atoms with E-state index < -0.39 is 24.1 Å². The summed E-state index contributed by atoms with van der Waals surface area (Å²) in [6.45, 7) is 1.37. The van der Waals surface area contributed by atoms with Crippen molar-refractivity contribution in [2.45, 2.75) is 31.0 Å². The first-order valence-corrected chi connectivity index (χ1v) is 3.45. The monoisotopic (exact) mass is 163 g/mol. The zero-order chi connectivity index (χ0) is 8.65. The molecular weight excluding hydrogens is 150 g/mol. The molecule has 1 heterocycles. The molecule has 1 aliphatic heterocycles. The van der Waals surface area contributed by atoms with Gasteiger partial charge in [-0.15, -0.1) is 0 Å². The largest absolute Gasteiger partial charge is 0.387 e. The number of ether oxygens (including phenoxy) is 1. The van der Waals surface area contributed by atoms with Crippen molar-refractivity contribution in [3.63, 3.8) is 0 Å². The molecule has 0 aromatic heterocycles. The van der Waals surface area contributed by atoms with Crippen molar-refractivity contribution in [1.82, 2.24) is 0 Å². The Labute approximate surface area is 64.4 Å². The van der Waals surface area contributed by atoms with Crippen LogP contribution in [0.5, 0.6) is 0 Å². The summed E-state index contributed by atoms with van der Waals surface area (Å²) in [5, 5.41) is 27.6. The molecule has 4 atom stereocenters. The lowest BCUT2D eigenvalue weighted by atomic mass is 10.1. The number of aliphatic hydroxyl groups excluding tert-OH is 2. The Kier molecular flexibility index (Phi) is 2.17. The van der Waals surface area contributed by atoms with Crippen LogP contribution in [0.3, 0.4) is 0 Å². The molecule has 1 fully saturated rings. The predicted octanol–water partition coefficient (Wildman–Crippen LogP) is -2.23. The van der Waals surface area contributed by atoms with Crippen molar-refractivity contribution in [2.75, 3.05) is 6.54 Å². The van der Waals surface area contributed by atoms with Crippen LogP contribution >= 0.6 is 0 Å². The number of hydrogen-bond donors (Lipinski definition) is 4. The highest BCUT2D eigenvalue weighted by atomic mass is 16.7. The average Bonchev–Trinajstić information content (AvgIpc) is 2.13. The van der Waals surface area contributed by atoms with Gasteiger partial charge in [0.25, 0.3) is 0 Å². The third-order valence-electron chi connectivity index (χ3n) is 1.88. The second kappa shape index (κ2) is 2.69. The molecule has 1 rings (SSSR count). The van der Waals surface area contributed by atoms with Gasteiger partial charge in [-0.1, -0.05) is 0 Å². The summed E-state index contributed by atoms with van der Waals surface area (Å²) in [6.07, 6.45) is -3.06. The highest BCUT2D eigenvalue weighted by Crippen LogP contribution is 2.27. The van der Waals surface area contributed by atoms with Crippen LogP contribution < -0.4 is 5.73 Å². The van der Waals surface area contributed by atoms with Crippen LogP contribution in [-0.2, 0) is 4.74 Å². The van der Waals surface area contributed by atoms with E-state index >= 15 is 0 Å². The van der Waals surface area contributed by atoms with Crippen LogP contribution in [-0.4, -0.2) is 46.0 Å². The minimum absolute atomic E-state index is 0.0778. The van der Waals surface area contributed by atoms with E-state index in [0.717, 1.165) is 0 Å². The van der Waals surface area contributed by atoms with E-state index in [1.807, 2.05) is 0 Å². The molecule has 5 N–H and O–H groups in total. The molecule has 0 radical (unpaired) electrons. The van der Waals surface area contributed by atoms with E-state index in [0.29, 0.717) is 0 Å². The maximum Gasteiger partial charge on any atom is 0.192 e. The van der Waals surface area contributed by atoms with E-state index in [1.165, 1.54) is 6.92 Å². The summed E-state index contributed by atoms with van der Waals surface area (Å²) >= 11 is 0. The van der Waals surface area contributed by atoms with Gasteiger partial charge in [-0.2, -0.15) is 0 Å². The second-order valence-corrected chi connectivity index (χ2v) is 2.88. The average molecular weight is 163 g/mol. The Bertz CT molecular complexity index is 150. The summed E-state index contributed by atoms with van der Waals surface area (Å²) in [7, 11) is 0. The summed E-state index contributed by atoms with van der Waals surface area (Å²) in [5.74, 6) is -1.68. The molecule has 0 amide bonds. The molecule has 11 heavy (non-hydrogen) atoms. The highest BCUT2D eigenvalue weighted by molar-refractivity contribution is 4.93. The first kappa shape index (κ1) is 8.89. The third-order valence-corrected chi connectivity index (χ3v) is 1.88. The standard InChI is InChI=1S/C6H13NO4/c1-6(10)5(9)4(8)3(2-7)11-6/h3-5,8-10H,2,7H2,1H3/t3-,4-,5-,6?/m1/s1. The summed E-state index contributed by atoms with van der Waals surface area (Å²) in [4.78, 5) is 0. The molecule has 0 spiro atoms. The predicted molar refractivity (Wildman–Crippen MR) is 36.6 cm³/mol. The van der Waals surface area contributed by atoms with Crippen LogP contribution in [0.2, 0.25) is 0 Å². The fourth-order valence-electron chi connectivity index (χ4n) is 1.15. The zero-order valence-corrected chi connectivity index (χ0v) is 6.27. The van der Waals surface area contributed by atoms with Crippen molar-refractivity contribution >= 4 is 0 Å². The van der Waals surface area contributed by atoms with E-state index in [9.17, 15) is 10.2 Å². The number of hydrogen-bond acceptors (Lipinski definition) is 5. The van der Waals surface area contributed by atoms with Gasteiger partial charge in [0, 0.05) is 6.54 Å². The Balaban J connectivity index is 2.69. The van der Waals surface area contributed by atoms with Gasteiger partial charge in [-0.05, 0) is 6.92 Å². The third kappa shape index (κ3) is 1.38. The Morgan fingerprint density at radius 2 is 2.09 bits per heavy atom. The van der Waals surface area contributed by atoms with Crippen molar-refractivity contribution in [3.8, 4) is 0 Å². The van der Waals surface area contributed by atoms with Crippen molar-refractivity contribution in [3.05, 3.63) is 0 Å². The molecule has 0 bridgehead atoms. The summed E-state index contributed by atoms with van der Waals surface area (Å²) in [5.41, 5.74) is 5.20. The summed E-state index contributed by atoms with van der Waals surface area (Å²) < 4.78 is 4.85. The van der Waals surface area contributed by atoms with Crippen LogP contribution in [0.4, 0.5) is 0 Å². The first-order chi connectivity index (χ1) is 4.99. The summed E-state index contributed by atoms with van der Waals surface area (Å²) in [6, 6.07) is 0. The maximum atomic E-state index is 9.25. The van der Waals surface area contributed by atoms with Gasteiger partial charge in [-0.3, -0.25) is 0 Å². The molecule has 0 aromatic carbocycles. The van der Waals surface area contributed by atoms with E-state index in [1.54, 1.807) is 0 Å². The molecule has 0 aromatic rings. The Morgan fingerprint density at radius 3 is 2.27 bits per heavy atom. The first-order valence-electron chi connectivity index (χ1n) is 3.45. The molecule has 1 aliphatic rings. The minimum Gasteiger partial charge on any atom is -0.387 e. The lowest BCUT2D eigenvalue weighted by Crippen LogP contribution is -2.40. The lowest BCUT2D eigenvalue weighted by molar-refractivity contribution is -0.213. The molecule has 5 nitrogen and oxygen atoms in total.